The van der Waals surface area contributed by atoms with Crippen molar-refractivity contribution >= 4 is 17.8 Å². The number of hydrogen-bond donors (Lipinski definition) is 2. The van der Waals surface area contributed by atoms with E-state index in [2.05, 4.69) is 21.9 Å². The first-order valence-corrected chi connectivity index (χ1v) is 6.39. The average molecular weight is 290 g/mol. The van der Waals surface area contributed by atoms with E-state index in [1.807, 2.05) is 0 Å². The molecule has 0 aliphatic heterocycles. The van der Waals surface area contributed by atoms with Crippen molar-refractivity contribution in [2.75, 3.05) is 13.7 Å². The average Bonchev–Trinajstić information content (AvgIpc) is 2.52. The van der Waals surface area contributed by atoms with Gasteiger partial charge in [0, 0.05) is 5.56 Å². The predicted molar refractivity (Wildman–Crippen MR) is 77.5 cm³/mol. The van der Waals surface area contributed by atoms with Crippen molar-refractivity contribution in [3.05, 3.63) is 48.6 Å². The van der Waals surface area contributed by atoms with E-state index in [4.69, 9.17) is 0 Å². The summed E-state index contributed by atoms with van der Waals surface area (Å²) in [6.45, 7) is 3.29. The molecule has 0 bridgehead atoms. The summed E-state index contributed by atoms with van der Waals surface area (Å²) in [7, 11) is 1.24. The Morgan fingerprint density at radius 3 is 2.52 bits per heavy atom. The highest BCUT2D eigenvalue weighted by atomic mass is 16.5. The molecular weight excluding hydrogens is 272 g/mol. The van der Waals surface area contributed by atoms with Crippen LogP contribution in [0.25, 0.3) is 0 Å². The third-order valence-electron chi connectivity index (χ3n) is 2.67. The van der Waals surface area contributed by atoms with Gasteiger partial charge in [0.1, 0.15) is 6.04 Å². The largest absolute Gasteiger partial charge is 0.467 e. The van der Waals surface area contributed by atoms with Crippen LogP contribution in [-0.4, -0.2) is 37.5 Å². The van der Waals surface area contributed by atoms with Gasteiger partial charge >= 0.3 is 5.97 Å². The van der Waals surface area contributed by atoms with E-state index >= 15 is 0 Å². The van der Waals surface area contributed by atoms with Crippen LogP contribution in [0.2, 0.25) is 0 Å². The zero-order valence-electron chi connectivity index (χ0n) is 11.8. The molecule has 1 aromatic rings. The van der Waals surface area contributed by atoms with Gasteiger partial charge in [0.15, 0.2) is 0 Å². The molecule has 2 amide bonds. The molecule has 0 fully saturated rings. The van der Waals surface area contributed by atoms with Gasteiger partial charge in [0.05, 0.1) is 13.7 Å². The van der Waals surface area contributed by atoms with Crippen LogP contribution in [0.1, 0.15) is 16.8 Å². The molecule has 6 nitrogen and oxygen atoms in total. The monoisotopic (exact) mass is 290 g/mol. The van der Waals surface area contributed by atoms with Gasteiger partial charge in [-0.3, -0.25) is 9.59 Å². The van der Waals surface area contributed by atoms with Gasteiger partial charge in [0.25, 0.3) is 5.91 Å². The fourth-order valence-corrected chi connectivity index (χ4v) is 1.62. The molecule has 0 saturated carbocycles. The smallest absolute Gasteiger partial charge is 0.328 e. The van der Waals surface area contributed by atoms with Crippen LogP contribution in [0.5, 0.6) is 0 Å². The van der Waals surface area contributed by atoms with E-state index in [9.17, 15) is 14.4 Å². The topological polar surface area (TPSA) is 84.5 Å². The van der Waals surface area contributed by atoms with Gasteiger partial charge in [-0.25, -0.2) is 4.79 Å². The lowest BCUT2D eigenvalue weighted by molar-refractivity contribution is -0.144. The number of benzene rings is 1. The summed E-state index contributed by atoms with van der Waals surface area (Å²) in [5.41, 5.74) is 0.459. The van der Waals surface area contributed by atoms with Crippen LogP contribution in [0.15, 0.2) is 43.0 Å². The molecule has 0 saturated heterocycles. The highest BCUT2D eigenvalue weighted by molar-refractivity contribution is 5.96. The quantitative estimate of drug-likeness (QED) is 0.570. The standard InChI is InChI=1S/C15H18N2O4/c1-3-7-12(15(20)21-2)17-13(18)10-16-14(19)11-8-5-4-6-9-11/h3-6,8-9,12H,1,7,10H2,2H3,(H,16,19)(H,17,18)/t12-/m1/s1. The Hall–Kier alpha value is -2.63. The zero-order chi connectivity index (χ0) is 15.7. The normalized spacial score (nSPS) is 11.1. The van der Waals surface area contributed by atoms with Crippen molar-refractivity contribution in [2.24, 2.45) is 0 Å². The minimum atomic E-state index is -0.798. The van der Waals surface area contributed by atoms with Crippen molar-refractivity contribution in [1.29, 1.82) is 0 Å². The van der Waals surface area contributed by atoms with Crippen molar-refractivity contribution in [2.45, 2.75) is 12.5 Å². The summed E-state index contributed by atoms with van der Waals surface area (Å²) in [4.78, 5) is 34.9. The molecule has 0 unspecified atom stereocenters. The number of carbonyl (C=O) groups is 3. The van der Waals surface area contributed by atoms with Crippen LogP contribution in [0.3, 0.4) is 0 Å². The van der Waals surface area contributed by atoms with Crippen LogP contribution < -0.4 is 10.6 Å². The van der Waals surface area contributed by atoms with E-state index in [1.54, 1.807) is 30.3 Å². The van der Waals surface area contributed by atoms with E-state index in [-0.39, 0.29) is 18.9 Å². The number of esters is 1. The van der Waals surface area contributed by atoms with Crippen LogP contribution in [-0.2, 0) is 14.3 Å². The zero-order valence-corrected chi connectivity index (χ0v) is 11.8. The second-order valence-corrected chi connectivity index (χ2v) is 4.22. The second kappa shape index (κ2) is 8.52. The molecule has 0 heterocycles. The van der Waals surface area contributed by atoms with Crippen LogP contribution in [0, 0.1) is 0 Å². The first kappa shape index (κ1) is 16.4. The van der Waals surface area contributed by atoms with Gasteiger partial charge < -0.3 is 15.4 Å². The second-order valence-electron chi connectivity index (χ2n) is 4.22. The number of hydrogen-bond acceptors (Lipinski definition) is 4. The summed E-state index contributed by atoms with van der Waals surface area (Å²) in [5, 5.41) is 4.95. The van der Waals surface area contributed by atoms with Gasteiger partial charge in [-0.2, -0.15) is 0 Å². The van der Waals surface area contributed by atoms with Crippen molar-refractivity contribution < 1.29 is 19.1 Å². The maximum atomic E-state index is 11.8. The molecule has 0 radical (unpaired) electrons. The van der Waals surface area contributed by atoms with Gasteiger partial charge in [-0.1, -0.05) is 24.3 Å². The Kier molecular flexibility index (Phi) is 6.67. The number of rotatable bonds is 7. The third-order valence-corrected chi connectivity index (χ3v) is 2.67. The molecular formula is C15H18N2O4. The highest BCUT2D eigenvalue weighted by Crippen LogP contribution is 1.98. The summed E-state index contributed by atoms with van der Waals surface area (Å²) < 4.78 is 4.57. The van der Waals surface area contributed by atoms with Gasteiger partial charge in [-0.05, 0) is 18.6 Å². The molecule has 1 rings (SSSR count). The van der Waals surface area contributed by atoms with Crippen LogP contribution in [0.4, 0.5) is 0 Å². The Morgan fingerprint density at radius 2 is 1.95 bits per heavy atom. The van der Waals surface area contributed by atoms with E-state index in [0.29, 0.717) is 5.56 Å². The first-order chi connectivity index (χ1) is 10.1. The first-order valence-electron chi connectivity index (χ1n) is 6.39. The van der Waals surface area contributed by atoms with E-state index in [1.165, 1.54) is 13.2 Å². The summed E-state index contributed by atoms with van der Waals surface area (Å²) in [5.74, 6) is -1.39. The van der Waals surface area contributed by atoms with Crippen molar-refractivity contribution in [3.8, 4) is 0 Å². The number of methoxy groups -OCH3 is 1. The van der Waals surface area contributed by atoms with E-state index in [0.717, 1.165) is 0 Å². The molecule has 1 atom stereocenters. The lowest BCUT2D eigenvalue weighted by atomic mass is 10.2. The fourth-order valence-electron chi connectivity index (χ4n) is 1.62. The van der Waals surface area contributed by atoms with Crippen molar-refractivity contribution in [1.82, 2.24) is 10.6 Å². The van der Waals surface area contributed by atoms with E-state index < -0.39 is 17.9 Å². The molecule has 0 aromatic heterocycles. The number of nitrogens with one attached hydrogen (secondary N) is 2. The Balaban J connectivity index is 2.47. The van der Waals surface area contributed by atoms with Crippen LogP contribution >= 0.6 is 0 Å². The molecule has 6 heteroatoms. The van der Waals surface area contributed by atoms with Gasteiger partial charge in [-0.15, -0.1) is 6.58 Å². The molecule has 0 aliphatic carbocycles. The molecule has 0 spiro atoms. The SMILES string of the molecule is C=CC[C@@H](NC(=O)CNC(=O)c1ccccc1)C(=O)OC. The minimum absolute atomic E-state index is 0.224. The predicted octanol–water partition coefficient (Wildman–Crippen LogP) is 0.650. The molecule has 0 aliphatic rings. The highest BCUT2D eigenvalue weighted by Gasteiger charge is 2.20. The Morgan fingerprint density at radius 1 is 1.29 bits per heavy atom. The number of carbonyl (C=O) groups excluding carboxylic acids is 3. The fraction of sp³-hybridized carbons (Fsp3) is 0.267. The Bertz CT molecular complexity index is 514. The molecule has 112 valence electrons. The third kappa shape index (κ3) is 5.48. The molecule has 1 aromatic carbocycles. The lowest BCUT2D eigenvalue weighted by Crippen LogP contribution is -2.45. The number of amides is 2. The lowest BCUT2D eigenvalue weighted by Gasteiger charge is -2.15. The van der Waals surface area contributed by atoms with Crippen molar-refractivity contribution in [3.63, 3.8) is 0 Å². The summed E-state index contributed by atoms with van der Waals surface area (Å²) in [6, 6.07) is 7.73. The maximum Gasteiger partial charge on any atom is 0.328 e. The molecule has 2 N–H and O–H groups in total. The maximum absolute atomic E-state index is 11.8. The number of ether oxygens (including phenoxy) is 1. The Labute approximate surface area is 123 Å². The summed E-state index contributed by atoms with van der Waals surface area (Å²) >= 11 is 0. The summed E-state index contributed by atoms with van der Waals surface area (Å²) in [6.07, 6.45) is 1.76. The van der Waals surface area contributed by atoms with Gasteiger partial charge in [0.2, 0.25) is 5.91 Å². The minimum Gasteiger partial charge on any atom is -0.467 e. The molecule has 21 heavy (non-hydrogen) atoms.